The molecule has 25 heavy (non-hydrogen) atoms. The summed E-state index contributed by atoms with van der Waals surface area (Å²) in [6.45, 7) is 11.0. The van der Waals surface area contributed by atoms with Gasteiger partial charge in [-0.3, -0.25) is 0 Å². The van der Waals surface area contributed by atoms with Crippen molar-refractivity contribution in [1.29, 1.82) is 0 Å². The molecule has 2 aromatic rings. The Balaban J connectivity index is 0.00000156. The molecule has 2 aromatic carbocycles. The Labute approximate surface area is 173 Å². The number of rotatable bonds is 4. The van der Waals surface area contributed by atoms with Crippen LogP contribution in [0.5, 0.6) is 0 Å². The molecule has 0 amide bonds. The average molecular weight is 413 g/mol. The first-order valence-corrected chi connectivity index (χ1v) is 9.74. The molecule has 1 aliphatic carbocycles. The molecule has 0 saturated heterocycles. The van der Waals surface area contributed by atoms with Crippen LogP contribution in [-0.4, -0.2) is 6.10 Å². The van der Waals surface area contributed by atoms with Crippen molar-refractivity contribution >= 4 is 45.0 Å². The Hall–Kier alpha value is -0.566. The van der Waals surface area contributed by atoms with Crippen LogP contribution in [0.15, 0.2) is 53.6 Å². The fraction of sp³-hybridized carbons (Fsp3) is 0.333. The van der Waals surface area contributed by atoms with Crippen LogP contribution in [0.4, 0.5) is 0 Å². The second kappa shape index (κ2) is 9.39. The molecule has 1 nitrogen and oxygen atoms in total. The molecule has 1 aliphatic rings. The third-order valence-electron chi connectivity index (χ3n) is 4.57. The zero-order valence-corrected chi connectivity index (χ0v) is 18.6. The van der Waals surface area contributed by atoms with Crippen LogP contribution in [0, 0.1) is 5.92 Å². The molecule has 1 unspecified atom stereocenters. The Kier molecular flexibility index (Phi) is 8.44. The standard InChI is InChI=1S/C18H17.C3H7O.2ClH.Ti/c1-12-10-13(2)18(14(12)3)17-9-8-15-6-4-5-7-16(15)11-17;1-3(2)4;;;/h4-10,13H,1-3H3;3H,1-2H3;2*1H;/q;-1;;;+1. The summed E-state index contributed by atoms with van der Waals surface area (Å²) in [5.41, 5.74) is 5.74. The molecule has 0 saturated carbocycles. The predicted octanol–water partition coefficient (Wildman–Crippen LogP) is 6.10. The number of allylic oxidation sites excluding steroid dienone is 4. The zero-order valence-electron chi connectivity index (χ0n) is 15.4. The van der Waals surface area contributed by atoms with Crippen molar-refractivity contribution < 1.29 is 22.9 Å². The van der Waals surface area contributed by atoms with Gasteiger partial charge in [0.05, 0.1) is 0 Å². The van der Waals surface area contributed by atoms with Crippen molar-refractivity contribution in [3.8, 4) is 0 Å². The molecule has 0 fully saturated rings. The van der Waals surface area contributed by atoms with Crippen molar-refractivity contribution in [2.45, 2.75) is 40.7 Å². The van der Waals surface area contributed by atoms with Crippen LogP contribution in [-0.2, 0) is 22.9 Å². The molecule has 134 valence electrons. The van der Waals surface area contributed by atoms with E-state index < -0.39 is 19.5 Å². The van der Waals surface area contributed by atoms with Gasteiger partial charge in [-0.1, -0.05) is 0 Å². The van der Waals surface area contributed by atoms with E-state index in [4.69, 9.17) is 3.32 Å². The monoisotopic (exact) mass is 412 g/mol. The summed E-state index contributed by atoms with van der Waals surface area (Å²) in [6.07, 6.45) is 2.67. The van der Waals surface area contributed by atoms with Crippen LogP contribution in [0.3, 0.4) is 0 Å². The van der Waals surface area contributed by atoms with Gasteiger partial charge in [0, 0.05) is 0 Å². The second-order valence-corrected chi connectivity index (χ2v) is 8.12. The minimum absolute atomic E-state index is 0. The van der Waals surface area contributed by atoms with E-state index >= 15 is 0 Å². The van der Waals surface area contributed by atoms with Gasteiger partial charge in [0.1, 0.15) is 0 Å². The minimum Gasteiger partial charge on any atom is -0.147 e. The van der Waals surface area contributed by atoms with E-state index in [-0.39, 0.29) is 30.9 Å². The summed E-state index contributed by atoms with van der Waals surface area (Å²) in [7, 11) is 0. The Morgan fingerprint density at radius 2 is 1.68 bits per heavy atom. The summed E-state index contributed by atoms with van der Waals surface area (Å²) in [4.78, 5) is 0. The van der Waals surface area contributed by atoms with E-state index in [2.05, 4.69) is 77.1 Å². The van der Waals surface area contributed by atoms with E-state index in [1.165, 1.54) is 36.9 Å². The normalized spacial score (nSPS) is 16.6. The van der Waals surface area contributed by atoms with E-state index in [0.717, 1.165) is 0 Å². The summed E-state index contributed by atoms with van der Waals surface area (Å²) < 4.78 is 7.56. The first-order valence-electron chi connectivity index (χ1n) is 8.32. The summed E-state index contributed by atoms with van der Waals surface area (Å²) >= 11 is -0.620. The molecule has 0 N–H and O–H groups in total. The molecular formula is C21H26Cl2OTi. The van der Waals surface area contributed by atoms with Gasteiger partial charge in [0.25, 0.3) is 0 Å². The van der Waals surface area contributed by atoms with Crippen molar-refractivity contribution in [1.82, 2.24) is 0 Å². The number of benzene rings is 2. The molecule has 1 atom stereocenters. The van der Waals surface area contributed by atoms with Crippen LogP contribution in [0.2, 0.25) is 0 Å². The predicted molar refractivity (Wildman–Crippen MR) is 110 cm³/mol. The first-order chi connectivity index (χ1) is 11.0. The van der Waals surface area contributed by atoms with Gasteiger partial charge in [-0.15, -0.1) is 24.8 Å². The van der Waals surface area contributed by atoms with Gasteiger partial charge in [0.15, 0.2) is 0 Å². The molecule has 0 heterocycles. The van der Waals surface area contributed by atoms with Crippen molar-refractivity contribution in [3.63, 3.8) is 0 Å². The smallest absolute Gasteiger partial charge is 0.147 e. The number of fused-ring (bicyclic) bond motifs is 1. The first kappa shape index (κ1) is 22.5. The van der Waals surface area contributed by atoms with Crippen molar-refractivity contribution in [3.05, 3.63) is 59.2 Å². The maximum atomic E-state index is 6.12. The fourth-order valence-electron chi connectivity index (χ4n) is 3.37. The van der Waals surface area contributed by atoms with Crippen molar-refractivity contribution in [2.24, 2.45) is 5.92 Å². The number of hydrogen-bond acceptors (Lipinski definition) is 1. The van der Waals surface area contributed by atoms with Crippen LogP contribution < -0.4 is 3.87 Å². The van der Waals surface area contributed by atoms with E-state index in [1.807, 2.05) is 0 Å². The second-order valence-electron chi connectivity index (χ2n) is 6.65. The van der Waals surface area contributed by atoms with Gasteiger partial charge in [0.2, 0.25) is 0 Å². The topological polar surface area (TPSA) is 9.23 Å². The largest absolute Gasteiger partial charge is 0.147 e. The molecule has 4 heteroatoms. The summed E-state index contributed by atoms with van der Waals surface area (Å²) in [5.74, 6) is 0.487. The third kappa shape index (κ3) is 4.59. The Morgan fingerprint density at radius 3 is 2.28 bits per heavy atom. The minimum atomic E-state index is -0.620. The fourth-order valence-corrected chi connectivity index (χ4v) is 4.96. The van der Waals surface area contributed by atoms with Gasteiger partial charge < -0.3 is 0 Å². The molecule has 0 radical (unpaired) electrons. The average Bonchev–Trinajstić information content (AvgIpc) is 2.77. The maximum Gasteiger partial charge on any atom is -0.147 e. The quantitative estimate of drug-likeness (QED) is 0.551. The van der Waals surface area contributed by atoms with E-state index in [9.17, 15) is 0 Å². The summed E-state index contributed by atoms with van der Waals surface area (Å²) in [5, 5.41) is 2.68. The molecule has 3 rings (SSSR count). The number of hydrogen-bond donors (Lipinski definition) is 0. The molecular weight excluding hydrogens is 387 g/mol. The van der Waals surface area contributed by atoms with Gasteiger partial charge in [-0.05, 0) is 0 Å². The number of halogens is 2. The molecule has 0 aliphatic heterocycles. The zero-order chi connectivity index (χ0) is 16.6. The SMILES string of the molecule is CC1=CC(C)C(c2ccc3ccccc3[c]2[Ti][O]C(C)C)=C1C.Cl.Cl. The third-order valence-corrected chi connectivity index (χ3v) is 6.65. The molecule has 0 spiro atoms. The van der Waals surface area contributed by atoms with Gasteiger partial charge in [-0.2, -0.15) is 0 Å². The van der Waals surface area contributed by atoms with Gasteiger partial charge >= 0.3 is 149 Å². The Bertz CT molecular complexity index is 809. The van der Waals surface area contributed by atoms with Gasteiger partial charge in [-0.25, -0.2) is 0 Å². The van der Waals surface area contributed by atoms with Crippen LogP contribution in [0.1, 0.15) is 40.2 Å². The molecule has 0 aromatic heterocycles. The van der Waals surface area contributed by atoms with Crippen molar-refractivity contribution in [2.75, 3.05) is 0 Å². The Morgan fingerprint density at radius 1 is 1.00 bits per heavy atom. The summed E-state index contributed by atoms with van der Waals surface area (Å²) in [6, 6.07) is 13.3. The van der Waals surface area contributed by atoms with Crippen LogP contribution in [0.25, 0.3) is 16.3 Å². The van der Waals surface area contributed by atoms with E-state index in [0.29, 0.717) is 5.92 Å². The van der Waals surface area contributed by atoms with E-state index in [1.54, 1.807) is 0 Å². The maximum absolute atomic E-state index is 6.12. The van der Waals surface area contributed by atoms with Crippen LogP contribution >= 0.6 is 24.8 Å². The molecule has 0 bridgehead atoms.